The normalized spacial score (nSPS) is 21.8. The van der Waals surface area contributed by atoms with Crippen LogP contribution in [0.3, 0.4) is 0 Å². The van der Waals surface area contributed by atoms with Gasteiger partial charge in [0.15, 0.2) is 6.23 Å². The van der Waals surface area contributed by atoms with Crippen LogP contribution in [-0.2, 0) is 11.3 Å². The summed E-state index contributed by atoms with van der Waals surface area (Å²) in [5, 5.41) is 21.7. The van der Waals surface area contributed by atoms with Crippen molar-refractivity contribution < 1.29 is 19.8 Å². The topological polar surface area (TPSA) is 73.2 Å². The Kier molecular flexibility index (Phi) is 5.80. The van der Waals surface area contributed by atoms with Crippen molar-refractivity contribution in [3.63, 3.8) is 0 Å². The van der Waals surface area contributed by atoms with Gasteiger partial charge in [-0.15, -0.1) is 0 Å². The van der Waals surface area contributed by atoms with Gasteiger partial charge in [-0.2, -0.15) is 5.06 Å². The minimum atomic E-state index is -1.27. The van der Waals surface area contributed by atoms with Crippen LogP contribution in [0.4, 0.5) is 0 Å². The minimum Gasteiger partial charge on any atom is -0.367 e. The number of hydrogen-bond acceptors (Lipinski definition) is 5. The van der Waals surface area contributed by atoms with E-state index in [1.165, 1.54) is 5.56 Å². The Labute approximate surface area is 172 Å². The van der Waals surface area contributed by atoms with E-state index in [1.807, 2.05) is 6.07 Å². The lowest BCUT2D eigenvalue weighted by atomic mass is 9.90. The molecule has 0 saturated carbocycles. The maximum absolute atomic E-state index is 12.5. The molecular weight excluding hydrogens is 424 g/mol. The highest BCUT2D eigenvalue weighted by molar-refractivity contribution is 9.10. The van der Waals surface area contributed by atoms with E-state index in [4.69, 9.17) is 4.84 Å². The van der Waals surface area contributed by atoms with Gasteiger partial charge in [0.05, 0.1) is 0 Å². The van der Waals surface area contributed by atoms with E-state index in [1.54, 1.807) is 23.1 Å². The molecule has 2 aliphatic rings. The highest BCUT2D eigenvalue weighted by atomic mass is 79.9. The number of aliphatic hydroxyl groups excluding tert-OH is 2. The van der Waals surface area contributed by atoms with Gasteiger partial charge in [0, 0.05) is 28.7 Å². The number of carbonyl (C=O) groups excluding carboxylic acids is 1. The number of nitrogens with zero attached hydrogens (tertiary/aromatic N) is 2. The van der Waals surface area contributed by atoms with Gasteiger partial charge in [-0.3, -0.25) is 9.69 Å². The van der Waals surface area contributed by atoms with Crippen LogP contribution in [0, 0.1) is 5.92 Å². The maximum Gasteiger partial charge on any atom is 0.280 e. The van der Waals surface area contributed by atoms with Gasteiger partial charge < -0.3 is 10.2 Å². The standard InChI is InChI=1S/C21H23BrN2O4/c22-16-6-7-17-18(13-16)20(26)24(19(17)25)28-21(27)23-10-8-15(9-11-23)12-14-4-2-1-3-5-14/h1-7,13,15,20-21,26-27H,8-12H2. The van der Waals surface area contributed by atoms with Crippen molar-refractivity contribution in [2.75, 3.05) is 13.1 Å². The first kappa shape index (κ1) is 19.5. The molecule has 7 heteroatoms. The number of fused-ring (bicyclic) bond motifs is 1. The lowest BCUT2D eigenvalue weighted by Crippen LogP contribution is -2.47. The number of piperidine rings is 1. The molecule has 2 aromatic rings. The first-order chi connectivity index (χ1) is 13.5. The molecule has 0 aliphatic carbocycles. The first-order valence-corrected chi connectivity index (χ1v) is 10.3. The van der Waals surface area contributed by atoms with Gasteiger partial charge in [0.1, 0.15) is 0 Å². The minimum absolute atomic E-state index is 0.379. The molecule has 0 aromatic heterocycles. The number of aliphatic hydroxyl groups is 2. The van der Waals surface area contributed by atoms with Crippen molar-refractivity contribution in [3.8, 4) is 0 Å². The van der Waals surface area contributed by atoms with Crippen molar-refractivity contribution in [2.24, 2.45) is 5.92 Å². The molecule has 1 amide bonds. The summed E-state index contributed by atoms with van der Waals surface area (Å²) in [7, 11) is 0. The van der Waals surface area contributed by atoms with Crippen LogP contribution in [0.1, 0.15) is 40.6 Å². The molecule has 148 valence electrons. The zero-order valence-corrected chi connectivity index (χ0v) is 17.0. The van der Waals surface area contributed by atoms with Crippen LogP contribution in [-0.4, -0.2) is 45.6 Å². The SMILES string of the molecule is O=C1c2ccc(Br)cc2C(O)N1OC(O)N1CCC(Cc2ccccc2)CC1. The van der Waals surface area contributed by atoms with Crippen molar-refractivity contribution in [1.82, 2.24) is 9.96 Å². The van der Waals surface area contributed by atoms with Crippen LogP contribution in [0.2, 0.25) is 0 Å². The van der Waals surface area contributed by atoms with E-state index in [0.717, 1.165) is 28.8 Å². The molecule has 0 bridgehead atoms. The van der Waals surface area contributed by atoms with Gasteiger partial charge in [-0.25, -0.2) is 4.84 Å². The van der Waals surface area contributed by atoms with Crippen LogP contribution in [0.25, 0.3) is 0 Å². The number of halogens is 1. The average Bonchev–Trinajstić information content (AvgIpc) is 2.93. The molecule has 6 nitrogen and oxygen atoms in total. The third-order valence-electron chi connectivity index (χ3n) is 5.48. The van der Waals surface area contributed by atoms with Gasteiger partial charge in [-0.05, 0) is 48.9 Å². The molecule has 1 fully saturated rings. The van der Waals surface area contributed by atoms with Crippen LogP contribution in [0.5, 0.6) is 0 Å². The molecule has 4 rings (SSSR count). The van der Waals surface area contributed by atoms with E-state index in [0.29, 0.717) is 30.1 Å². The van der Waals surface area contributed by atoms with Crippen LogP contribution >= 0.6 is 15.9 Å². The summed E-state index contributed by atoms with van der Waals surface area (Å²) in [5.74, 6) is 0.111. The van der Waals surface area contributed by atoms with Crippen molar-refractivity contribution in [3.05, 3.63) is 69.7 Å². The van der Waals surface area contributed by atoms with Gasteiger partial charge in [0.2, 0.25) is 6.41 Å². The summed E-state index contributed by atoms with van der Waals surface area (Å²) < 4.78 is 0.765. The van der Waals surface area contributed by atoms with Gasteiger partial charge in [-0.1, -0.05) is 46.3 Å². The highest BCUT2D eigenvalue weighted by Gasteiger charge is 2.39. The second-order valence-electron chi connectivity index (χ2n) is 7.34. The number of carbonyl (C=O) groups is 1. The highest BCUT2D eigenvalue weighted by Crippen LogP contribution is 2.34. The number of hydrogen-bond donors (Lipinski definition) is 2. The monoisotopic (exact) mass is 446 g/mol. The quantitative estimate of drug-likeness (QED) is 0.690. The molecule has 0 radical (unpaired) electrons. The number of benzene rings is 2. The fourth-order valence-electron chi connectivity index (χ4n) is 3.90. The van der Waals surface area contributed by atoms with Gasteiger partial charge in [0.25, 0.3) is 5.91 Å². The molecule has 28 heavy (non-hydrogen) atoms. The van der Waals surface area contributed by atoms with Crippen LogP contribution in [0.15, 0.2) is 53.0 Å². The van der Waals surface area contributed by atoms with Crippen molar-refractivity contribution in [1.29, 1.82) is 0 Å². The third-order valence-corrected chi connectivity index (χ3v) is 5.97. The lowest BCUT2D eigenvalue weighted by molar-refractivity contribution is -0.325. The average molecular weight is 447 g/mol. The second-order valence-corrected chi connectivity index (χ2v) is 8.25. The van der Waals surface area contributed by atoms with Crippen molar-refractivity contribution >= 4 is 21.8 Å². The Morgan fingerprint density at radius 3 is 2.57 bits per heavy atom. The molecular formula is C21H23BrN2O4. The number of amides is 1. The van der Waals surface area contributed by atoms with E-state index in [2.05, 4.69) is 40.2 Å². The van der Waals surface area contributed by atoms with E-state index in [-0.39, 0.29) is 0 Å². The van der Waals surface area contributed by atoms with E-state index in [9.17, 15) is 15.0 Å². The molecule has 1 saturated heterocycles. The largest absolute Gasteiger partial charge is 0.367 e. The fourth-order valence-corrected chi connectivity index (χ4v) is 4.28. The molecule has 2 heterocycles. The predicted octanol–water partition coefficient (Wildman–Crippen LogP) is 3.06. The molecule has 2 aliphatic heterocycles. The van der Waals surface area contributed by atoms with Crippen LogP contribution < -0.4 is 0 Å². The summed E-state index contributed by atoms with van der Waals surface area (Å²) in [6, 6.07) is 15.5. The summed E-state index contributed by atoms with van der Waals surface area (Å²) in [6.07, 6.45) is 0.413. The lowest BCUT2D eigenvalue weighted by Gasteiger charge is -2.36. The Morgan fingerprint density at radius 1 is 1.14 bits per heavy atom. The fraction of sp³-hybridized carbons (Fsp3) is 0.381. The maximum atomic E-state index is 12.5. The molecule has 2 unspecified atom stereocenters. The van der Waals surface area contributed by atoms with Gasteiger partial charge >= 0.3 is 0 Å². The van der Waals surface area contributed by atoms with Crippen molar-refractivity contribution in [2.45, 2.75) is 31.9 Å². The second kappa shape index (κ2) is 8.31. The molecule has 2 atom stereocenters. The Balaban J connectivity index is 1.33. The number of hydroxylamine groups is 2. The Bertz CT molecular complexity index is 840. The summed E-state index contributed by atoms with van der Waals surface area (Å²) in [4.78, 5) is 19.7. The van der Waals surface area contributed by atoms with E-state index < -0.39 is 18.5 Å². The summed E-state index contributed by atoms with van der Waals surface area (Å²) >= 11 is 3.34. The first-order valence-electron chi connectivity index (χ1n) is 9.47. The number of likely N-dealkylation sites (tertiary alicyclic amines) is 1. The molecule has 2 aromatic carbocycles. The molecule has 0 spiro atoms. The van der Waals surface area contributed by atoms with E-state index >= 15 is 0 Å². The Hall–Kier alpha value is -1.77. The molecule has 2 N–H and O–H groups in total. The zero-order chi connectivity index (χ0) is 19.7. The Morgan fingerprint density at radius 2 is 1.86 bits per heavy atom. The summed E-state index contributed by atoms with van der Waals surface area (Å²) in [6.45, 7) is 1.35. The smallest absolute Gasteiger partial charge is 0.280 e. The predicted molar refractivity (Wildman–Crippen MR) is 107 cm³/mol. The summed E-state index contributed by atoms with van der Waals surface area (Å²) in [5.41, 5.74) is 2.17. The number of rotatable bonds is 5. The third kappa shape index (κ3) is 3.99. The zero-order valence-electron chi connectivity index (χ0n) is 15.4.